The lowest BCUT2D eigenvalue weighted by Crippen LogP contribution is -2.08. The summed E-state index contributed by atoms with van der Waals surface area (Å²) in [5, 5.41) is 11.5. The number of rotatable bonds is 4. The van der Waals surface area contributed by atoms with E-state index in [-0.39, 0.29) is 11.5 Å². The van der Waals surface area contributed by atoms with E-state index in [1.54, 1.807) is 18.2 Å². The highest BCUT2D eigenvalue weighted by atomic mass is 16.4. The van der Waals surface area contributed by atoms with Crippen LogP contribution in [0.2, 0.25) is 0 Å². The van der Waals surface area contributed by atoms with Gasteiger partial charge in [-0.15, -0.1) is 0 Å². The summed E-state index contributed by atoms with van der Waals surface area (Å²) in [6, 6.07) is 13.9. The van der Waals surface area contributed by atoms with Gasteiger partial charge in [-0.3, -0.25) is 4.79 Å². The minimum Gasteiger partial charge on any atom is -0.478 e. The van der Waals surface area contributed by atoms with E-state index < -0.39 is 5.97 Å². The second-order valence-electron chi connectivity index (χ2n) is 4.62. The minimum atomic E-state index is -1.03. The summed E-state index contributed by atoms with van der Waals surface area (Å²) in [6.45, 7) is 2.00. The number of carbonyl (C=O) groups is 2. The van der Waals surface area contributed by atoms with Gasteiger partial charge in [0, 0.05) is 11.8 Å². The molecule has 2 aromatic rings. The number of anilines is 1. The Morgan fingerprint density at radius 2 is 1.81 bits per heavy atom. The molecule has 0 aliphatic rings. The van der Waals surface area contributed by atoms with Crippen molar-refractivity contribution in [3.63, 3.8) is 0 Å². The maximum atomic E-state index is 11.8. The van der Waals surface area contributed by atoms with Gasteiger partial charge < -0.3 is 10.4 Å². The van der Waals surface area contributed by atoms with Crippen LogP contribution in [0.15, 0.2) is 54.6 Å². The van der Waals surface area contributed by atoms with Gasteiger partial charge >= 0.3 is 5.97 Å². The van der Waals surface area contributed by atoms with Crippen LogP contribution in [-0.4, -0.2) is 17.0 Å². The Hall–Kier alpha value is -2.88. The smallest absolute Gasteiger partial charge is 0.335 e. The molecule has 4 nitrogen and oxygen atoms in total. The van der Waals surface area contributed by atoms with E-state index in [1.807, 2.05) is 31.2 Å². The van der Waals surface area contributed by atoms with Crippen LogP contribution in [0, 0.1) is 6.92 Å². The van der Waals surface area contributed by atoms with Crippen LogP contribution in [0.4, 0.5) is 5.69 Å². The molecule has 4 heteroatoms. The molecule has 0 spiro atoms. The van der Waals surface area contributed by atoms with Crippen LogP contribution in [0.1, 0.15) is 21.5 Å². The zero-order chi connectivity index (χ0) is 15.2. The third kappa shape index (κ3) is 4.31. The van der Waals surface area contributed by atoms with E-state index in [1.165, 1.54) is 18.2 Å². The van der Waals surface area contributed by atoms with Gasteiger partial charge in [-0.1, -0.05) is 35.9 Å². The molecular weight excluding hydrogens is 266 g/mol. The first kappa shape index (κ1) is 14.5. The molecule has 0 unspecified atom stereocenters. The average molecular weight is 281 g/mol. The molecule has 21 heavy (non-hydrogen) atoms. The van der Waals surface area contributed by atoms with Gasteiger partial charge in [0.1, 0.15) is 0 Å². The summed E-state index contributed by atoms with van der Waals surface area (Å²) in [7, 11) is 0. The number of aromatic carboxylic acids is 1. The number of carboxylic acid groups (broad SMARTS) is 1. The van der Waals surface area contributed by atoms with Gasteiger partial charge in [-0.05, 0) is 36.8 Å². The Bertz CT molecular complexity index is 687. The van der Waals surface area contributed by atoms with E-state index in [0.29, 0.717) is 5.69 Å². The second kappa shape index (κ2) is 6.52. The molecule has 0 aliphatic heterocycles. The second-order valence-corrected chi connectivity index (χ2v) is 4.62. The number of aryl methyl sites for hydroxylation is 1. The lowest BCUT2D eigenvalue weighted by Gasteiger charge is -2.03. The standard InChI is InChI=1S/C17H15NO3/c1-12-5-7-13(8-6-12)9-10-16(19)18-15-4-2-3-14(11-15)17(20)21/h2-11H,1H3,(H,18,19)(H,20,21)/b10-9+. The van der Waals surface area contributed by atoms with Crippen molar-refractivity contribution in [1.82, 2.24) is 0 Å². The highest BCUT2D eigenvalue weighted by Gasteiger charge is 2.04. The fourth-order valence-electron chi connectivity index (χ4n) is 1.76. The molecule has 0 fully saturated rings. The normalized spacial score (nSPS) is 10.5. The Kier molecular flexibility index (Phi) is 4.51. The molecule has 0 aliphatic carbocycles. The van der Waals surface area contributed by atoms with Crippen LogP contribution in [-0.2, 0) is 4.79 Å². The number of benzene rings is 2. The number of carboxylic acids is 1. The van der Waals surface area contributed by atoms with E-state index >= 15 is 0 Å². The van der Waals surface area contributed by atoms with Crippen molar-refractivity contribution in [3.8, 4) is 0 Å². The van der Waals surface area contributed by atoms with Crippen LogP contribution in [0.5, 0.6) is 0 Å². The van der Waals surface area contributed by atoms with Gasteiger partial charge in [0.2, 0.25) is 5.91 Å². The van der Waals surface area contributed by atoms with Crippen molar-refractivity contribution in [1.29, 1.82) is 0 Å². The van der Waals surface area contributed by atoms with Crippen LogP contribution in [0.25, 0.3) is 6.08 Å². The van der Waals surface area contributed by atoms with Gasteiger partial charge in [-0.2, -0.15) is 0 Å². The van der Waals surface area contributed by atoms with E-state index in [2.05, 4.69) is 5.32 Å². The Morgan fingerprint density at radius 1 is 1.10 bits per heavy atom. The molecule has 0 aromatic heterocycles. The maximum absolute atomic E-state index is 11.8. The molecule has 1 amide bonds. The molecule has 2 rings (SSSR count). The molecule has 106 valence electrons. The van der Waals surface area contributed by atoms with E-state index in [0.717, 1.165) is 11.1 Å². The lowest BCUT2D eigenvalue weighted by atomic mass is 10.1. The SMILES string of the molecule is Cc1ccc(/C=C/C(=O)Nc2cccc(C(=O)O)c2)cc1. The minimum absolute atomic E-state index is 0.135. The summed E-state index contributed by atoms with van der Waals surface area (Å²) in [6.07, 6.45) is 3.12. The molecule has 2 aromatic carbocycles. The molecule has 0 saturated heterocycles. The van der Waals surface area contributed by atoms with Crippen LogP contribution >= 0.6 is 0 Å². The topological polar surface area (TPSA) is 66.4 Å². The van der Waals surface area contributed by atoms with Crippen molar-refractivity contribution in [2.75, 3.05) is 5.32 Å². The highest BCUT2D eigenvalue weighted by molar-refractivity contribution is 6.02. The summed E-state index contributed by atoms with van der Waals surface area (Å²) in [4.78, 5) is 22.6. The first-order chi connectivity index (χ1) is 10.0. The van der Waals surface area contributed by atoms with Crippen molar-refractivity contribution in [2.45, 2.75) is 6.92 Å². The van der Waals surface area contributed by atoms with Gasteiger partial charge in [-0.25, -0.2) is 4.79 Å². The quantitative estimate of drug-likeness (QED) is 0.845. The summed E-state index contributed by atoms with van der Waals surface area (Å²) in [5.41, 5.74) is 2.67. The highest BCUT2D eigenvalue weighted by Crippen LogP contribution is 2.11. The van der Waals surface area contributed by atoms with Crippen molar-refractivity contribution in [2.24, 2.45) is 0 Å². The zero-order valence-electron chi connectivity index (χ0n) is 11.5. The summed E-state index contributed by atoms with van der Waals surface area (Å²) >= 11 is 0. The molecule has 0 heterocycles. The first-order valence-electron chi connectivity index (χ1n) is 6.44. The molecule has 0 saturated carbocycles. The number of hydrogen-bond acceptors (Lipinski definition) is 2. The predicted octanol–water partition coefficient (Wildman–Crippen LogP) is 3.35. The lowest BCUT2D eigenvalue weighted by molar-refractivity contribution is -0.111. The first-order valence-corrected chi connectivity index (χ1v) is 6.44. The third-order valence-corrected chi connectivity index (χ3v) is 2.88. The maximum Gasteiger partial charge on any atom is 0.335 e. The van der Waals surface area contributed by atoms with E-state index in [9.17, 15) is 9.59 Å². The van der Waals surface area contributed by atoms with Crippen molar-refractivity contribution < 1.29 is 14.7 Å². The van der Waals surface area contributed by atoms with E-state index in [4.69, 9.17) is 5.11 Å². The summed E-state index contributed by atoms with van der Waals surface area (Å²) < 4.78 is 0. The van der Waals surface area contributed by atoms with Gasteiger partial charge in [0.15, 0.2) is 0 Å². The number of amides is 1. The van der Waals surface area contributed by atoms with Crippen LogP contribution in [0.3, 0.4) is 0 Å². The van der Waals surface area contributed by atoms with Gasteiger partial charge in [0.05, 0.1) is 5.56 Å². The average Bonchev–Trinajstić information content (AvgIpc) is 2.47. The fourth-order valence-corrected chi connectivity index (χ4v) is 1.76. The number of hydrogen-bond donors (Lipinski definition) is 2. The zero-order valence-corrected chi connectivity index (χ0v) is 11.5. The number of nitrogens with one attached hydrogen (secondary N) is 1. The van der Waals surface area contributed by atoms with Crippen molar-refractivity contribution >= 4 is 23.6 Å². The Morgan fingerprint density at radius 3 is 2.48 bits per heavy atom. The van der Waals surface area contributed by atoms with Crippen molar-refractivity contribution in [3.05, 3.63) is 71.3 Å². The molecule has 0 atom stereocenters. The number of carbonyl (C=O) groups excluding carboxylic acids is 1. The summed E-state index contributed by atoms with van der Waals surface area (Å²) in [5.74, 6) is -1.33. The molecular formula is C17H15NO3. The molecule has 0 radical (unpaired) electrons. The Balaban J connectivity index is 2.03. The van der Waals surface area contributed by atoms with Crippen LogP contribution < -0.4 is 5.32 Å². The molecule has 2 N–H and O–H groups in total. The largest absolute Gasteiger partial charge is 0.478 e. The third-order valence-electron chi connectivity index (χ3n) is 2.88. The molecule has 0 bridgehead atoms. The predicted molar refractivity (Wildman–Crippen MR) is 82.2 cm³/mol. The Labute approximate surface area is 122 Å². The monoisotopic (exact) mass is 281 g/mol. The van der Waals surface area contributed by atoms with Gasteiger partial charge in [0.25, 0.3) is 0 Å². The fraction of sp³-hybridized carbons (Fsp3) is 0.0588.